The maximum absolute atomic E-state index is 13.5. The van der Waals surface area contributed by atoms with Crippen LogP contribution in [0.4, 0.5) is 4.79 Å². The lowest BCUT2D eigenvalue weighted by Gasteiger charge is -2.33. The van der Waals surface area contributed by atoms with Crippen molar-refractivity contribution in [2.24, 2.45) is 0 Å². The number of methoxy groups -OCH3 is 2. The van der Waals surface area contributed by atoms with E-state index >= 15 is 0 Å². The van der Waals surface area contributed by atoms with Crippen molar-refractivity contribution < 1.29 is 19.1 Å². The van der Waals surface area contributed by atoms with Gasteiger partial charge < -0.3 is 24.6 Å². The summed E-state index contributed by atoms with van der Waals surface area (Å²) in [5, 5.41) is 2.99. The van der Waals surface area contributed by atoms with Crippen LogP contribution in [0.15, 0.2) is 42.1 Å². The number of likely N-dealkylation sites (N-methyl/N-ethyl adjacent to an activating group) is 1. The number of benzene rings is 1. The van der Waals surface area contributed by atoms with Crippen LogP contribution in [0.25, 0.3) is 0 Å². The minimum Gasteiger partial charge on any atom is -0.497 e. The summed E-state index contributed by atoms with van der Waals surface area (Å²) in [7, 11) is 3.15. The van der Waals surface area contributed by atoms with E-state index in [1.54, 1.807) is 31.3 Å². The van der Waals surface area contributed by atoms with Crippen molar-refractivity contribution in [3.63, 3.8) is 0 Å². The minimum atomic E-state index is -0.571. The predicted octanol–water partition coefficient (Wildman–Crippen LogP) is 2.39. The monoisotopic (exact) mass is 428 g/mol. The predicted molar refractivity (Wildman–Crippen MR) is 119 cm³/mol. The number of rotatable bonds is 10. The third-order valence-corrected chi connectivity index (χ3v) is 5.90. The highest BCUT2D eigenvalue weighted by Gasteiger charge is 2.43. The number of carbonyl (C=O) groups excluding carboxylic acids is 2. The molecule has 2 aliphatic rings. The number of ether oxygens (including phenoxy) is 2. The maximum atomic E-state index is 13.5. The summed E-state index contributed by atoms with van der Waals surface area (Å²) in [4.78, 5) is 32.1. The van der Waals surface area contributed by atoms with Gasteiger partial charge in [-0.25, -0.2) is 4.79 Å². The first-order valence-electron chi connectivity index (χ1n) is 10.6. The fraction of sp³-hybridized carbons (Fsp3) is 0.478. The molecule has 1 atom stereocenters. The molecular formula is C23H32N4O4. The van der Waals surface area contributed by atoms with Gasteiger partial charge in [-0.1, -0.05) is 19.9 Å². The van der Waals surface area contributed by atoms with Crippen molar-refractivity contribution in [1.82, 2.24) is 20.0 Å². The lowest BCUT2D eigenvalue weighted by Crippen LogP contribution is -2.47. The van der Waals surface area contributed by atoms with Crippen LogP contribution in [0.2, 0.25) is 0 Å². The first-order chi connectivity index (χ1) is 15.0. The molecular weight excluding hydrogens is 396 g/mol. The van der Waals surface area contributed by atoms with Gasteiger partial charge in [-0.3, -0.25) is 9.69 Å². The lowest BCUT2D eigenvalue weighted by atomic mass is 9.95. The number of amides is 3. The number of nitrogens with zero attached hydrogens (tertiary/aromatic N) is 3. The fourth-order valence-electron chi connectivity index (χ4n) is 4.10. The summed E-state index contributed by atoms with van der Waals surface area (Å²) in [5.41, 5.74) is 2.07. The zero-order valence-electron chi connectivity index (χ0n) is 18.8. The van der Waals surface area contributed by atoms with Crippen LogP contribution in [0, 0.1) is 0 Å². The van der Waals surface area contributed by atoms with Gasteiger partial charge in [-0.2, -0.15) is 0 Å². The van der Waals surface area contributed by atoms with E-state index in [0.29, 0.717) is 36.7 Å². The van der Waals surface area contributed by atoms with E-state index in [0.717, 1.165) is 30.9 Å². The molecule has 31 heavy (non-hydrogen) atoms. The Bertz CT molecular complexity index is 856. The summed E-state index contributed by atoms with van der Waals surface area (Å²) >= 11 is 0. The molecule has 0 spiro atoms. The molecule has 168 valence electrons. The Morgan fingerprint density at radius 2 is 1.81 bits per heavy atom. The normalized spacial score (nSPS) is 18.4. The van der Waals surface area contributed by atoms with E-state index in [4.69, 9.17) is 9.47 Å². The van der Waals surface area contributed by atoms with Crippen LogP contribution >= 0.6 is 0 Å². The quantitative estimate of drug-likeness (QED) is 0.580. The highest BCUT2D eigenvalue weighted by Crippen LogP contribution is 2.38. The van der Waals surface area contributed by atoms with E-state index < -0.39 is 6.04 Å². The topological polar surface area (TPSA) is 74.4 Å². The second-order valence-electron chi connectivity index (χ2n) is 7.54. The third kappa shape index (κ3) is 4.54. The highest BCUT2D eigenvalue weighted by molar-refractivity contribution is 6.01. The zero-order valence-corrected chi connectivity index (χ0v) is 18.8. The largest absolute Gasteiger partial charge is 0.497 e. The van der Waals surface area contributed by atoms with Crippen molar-refractivity contribution in [2.75, 3.05) is 53.5 Å². The van der Waals surface area contributed by atoms with Crippen LogP contribution in [0.5, 0.6) is 11.5 Å². The Labute approximate surface area is 184 Å². The second kappa shape index (κ2) is 9.87. The van der Waals surface area contributed by atoms with Crippen molar-refractivity contribution >= 4 is 11.9 Å². The molecule has 0 saturated carbocycles. The van der Waals surface area contributed by atoms with Crippen molar-refractivity contribution in [3.05, 3.63) is 47.7 Å². The summed E-state index contributed by atoms with van der Waals surface area (Å²) < 4.78 is 10.8. The zero-order chi connectivity index (χ0) is 22.5. The van der Waals surface area contributed by atoms with Gasteiger partial charge in [0, 0.05) is 25.7 Å². The van der Waals surface area contributed by atoms with Gasteiger partial charge in [0.2, 0.25) is 0 Å². The molecule has 0 bridgehead atoms. The van der Waals surface area contributed by atoms with Gasteiger partial charge in [0.05, 0.1) is 38.1 Å². The Hall–Kier alpha value is -3.00. The Kier molecular flexibility index (Phi) is 7.22. The minimum absolute atomic E-state index is 0.0528. The van der Waals surface area contributed by atoms with Gasteiger partial charge >= 0.3 is 6.03 Å². The maximum Gasteiger partial charge on any atom is 0.322 e. The molecule has 3 rings (SSSR count). The van der Waals surface area contributed by atoms with Crippen molar-refractivity contribution in [2.45, 2.75) is 19.9 Å². The van der Waals surface area contributed by atoms with Gasteiger partial charge in [-0.15, -0.1) is 6.58 Å². The van der Waals surface area contributed by atoms with Crippen LogP contribution in [-0.4, -0.2) is 80.1 Å². The molecule has 2 heterocycles. The molecule has 2 aliphatic heterocycles. The molecule has 0 unspecified atom stereocenters. The summed E-state index contributed by atoms with van der Waals surface area (Å²) in [6.45, 7) is 12.0. The van der Waals surface area contributed by atoms with E-state index in [9.17, 15) is 9.59 Å². The average Bonchev–Trinajstić information content (AvgIpc) is 3.12. The van der Waals surface area contributed by atoms with E-state index in [-0.39, 0.29) is 11.9 Å². The summed E-state index contributed by atoms with van der Waals surface area (Å²) in [6.07, 6.45) is 1.67. The first kappa shape index (κ1) is 22.7. The third-order valence-electron chi connectivity index (χ3n) is 5.90. The molecule has 1 N–H and O–H groups in total. The SMILES string of the molecule is C=CCN1C(=O)N[C@H](c2cc(OC)cc(OC)c2)C2=C1CN(CCN(CC)CC)C2=O. The summed E-state index contributed by atoms with van der Waals surface area (Å²) in [6, 6.07) is 4.60. The average molecular weight is 429 g/mol. The molecule has 8 nitrogen and oxygen atoms in total. The standard InChI is InChI=1S/C23H32N4O4/c1-6-9-27-19-15-26(11-10-25(7-2)8-3)22(28)20(19)21(24-23(27)29)16-12-17(30-4)14-18(13-16)31-5/h6,12-14,21H,1,7-11,15H2,2-5H3,(H,24,29)/t21-/m1/s1. The van der Waals surface area contributed by atoms with E-state index in [1.807, 2.05) is 17.0 Å². The number of nitrogens with one attached hydrogen (secondary N) is 1. The Balaban J connectivity index is 1.98. The van der Waals surface area contributed by atoms with Crippen molar-refractivity contribution in [3.8, 4) is 11.5 Å². The second-order valence-corrected chi connectivity index (χ2v) is 7.54. The van der Waals surface area contributed by atoms with Crippen LogP contribution in [-0.2, 0) is 4.79 Å². The van der Waals surface area contributed by atoms with Gasteiger partial charge in [0.1, 0.15) is 11.5 Å². The number of hydrogen-bond donors (Lipinski definition) is 1. The molecule has 0 radical (unpaired) electrons. The Morgan fingerprint density at radius 1 is 1.16 bits per heavy atom. The molecule has 0 aromatic heterocycles. The fourth-order valence-corrected chi connectivity index (χ4v) is 4.10. The van der Waals surface area contributed by atoms with Crippen molar-refractivity contribution in [1.29, 1.82) is 0 Å². The molecule has 0 fully saturated rings. The Morgan fingerprint density at radius 3 is 2.35 bits per heavy atom. The molecule has 8 heteroatoms. The van der Waals surface area contributed by atoms with E-state index in [2.05, 4.69) is 30.6 Å². The van der Waals surface area contributed by atoms with E-state index in [1.165, 1.54) is 0 Å². The van der Waals surface area contributed by atoms with Gasteiger partial charge in [-0.05, 0) is 30.8 Å². The molecule has 0 saturated heterocycles. The smallest absolute Gasteiger partial charge is 0.322 e. The number of carbonyl (C=O) groups is 2. The van der Waals surface area contributed by atoms with Crippen LogP contribution < -0.4 is 14.8 Å². The molecule has 0 aliphatic carbocycles. The molecule has 3 amide bonds. The number of hydrogen-bond acceptors (Lipinski definition) is 5. The van der Waals surface area contributed by atoms with Gasteiger partial charge in [0.25, 0.3) is 5.91 Å². The number of urea groups is 1. The molecule has 1 aromatic carbocycles. The van der Waals surface area contributed by atoms with Crippen LogP contribution in [0.3, 0.4) is 0 Å². The first-order valence-corrected chi connectivity index (χ1v) is 10.6. The van der Waals surface area contributed by atoms with Crippen LogP contribution in [0.1, 0.15) is 25.5 Å². The van der Waals surface area contributed by atoms with Gasteiger partial charge in [0.15, 0.2) is 0 Å². The molecule has 1 aromatic rings. The lowest BCUT2D eigenvalue weighted by molar-refractivity contribution is -0.126. The highest BCUT2D eigenvalue weighted by atomic mass is 16.5. The summed E-state index contributed by atoms with van der Waals surface area (Å²) in [5.74, 6) is 1.15.